The van der Waals surface area contributed by atoms with Crippen molar-refractivity contribution in [1.29, 1.82) is 0 Å². The molecule has 1 aromatic carbocycles. The number of nitrogens with one attached hydrogen (secondary N) is 1. The van der Waals surface area contributed by atoms with Crippen LogP contribution < -0.4 is 10.1 Å². The van der Waals surface area contributed by atoms with E-state index in [1.165, 1.54) is 4.57 Å². The van der Waals surface area contributed by atoms with Crippen LogP contribution in [0.1, 0.15) is 20.3 Å². The van der Waals surface area contributed by atoms with Crippen LogP contribution in [-0.2, 0) is 0 Å². The summed E-state index contributed by atoms with van der Waals surface area (Å²) >= 11 is 0. The van der Waals surface area contributed by atoms with Crippen molar-refractivity contribution in [3.05, 3.63) is 24.3 Å². The van der Waals surface area contributed by atoms with E-state index in [4.69, 9.17) is 4.74 Å². The van der Waals surface area contributed by atoms with Crippen LogP contribution in [0.25, 0.3) is 11.0 Å². The number of carbonyl (C=O) groups is 1. The van der Waals surface area contributed by atoms with Crippen molar-refractivity contribution in [3.63, 3.8) is 0 Å². The minimum absolute atomic E-state index is 0.195. The van der Waals surface area contributed by atoms with Crippen molar-refractivity contribution in [2.24, 2.45) is 5.92 Å². The van der Waals surface area contributed by atoms with E-state index in [-0.39, 0.29) is 6.03 Å². The van der Waals surface area contributed by atoms with Gasteiger partial charge in [0.05, 0.1) is 11.0 Å². The number of fused-ring (bicyclic) bond motifs is 1. The quantitative estimate of drug-likeness (QED) is 0.852. The first-order valence-electron chi connectivity index (χ1n) is 8.02. The molecule has 0 aliphatic heterocycles. The first kappa shape index (κ1) is 17.3. The molecule has 0 saturated carbocycles. The molecule has 0 spiro atoms. The number of likely N-dealkylation sites (N-methyl/N-ethyl adjacent to an activating group) is 1. The lowest BCUT2D eigenvalue weighted by molar-refractivity contribution is 0.224. The fourth-order valence-corrected chi connectivity index (χ4v) is 2.16. The second-order valence-electron chi connectivity index (χ2n) is 6.28. The Morgan fingerprint density at radius 1 is 1.35 bits per heavy atom. The highest BCUT2D eigenvalue weighted by atomic mass is 16.5. The molecule has 2 aromatic rings. The standard InChI is InChI=1S/C17H26N4O2/c1-13(2)9-10-18-16(22)21-15-8-6-5-7-14(15)19-17(21)23-12-11-20(3)4/h5-8,13H,9-12H2,1-4H3,(H,18,22). The number of imidazole rings is 1. The summed E-state index contributed by atoms with van der Waals surface area (Å²) in [5.74, 6) is 0.547. The summed E-state index contributed by atoms with van der Waals surface area (Å²) in [7, 11) is 3.95. The Morgan fingerprint density at radius 2 is 2.09 bits per heavy atom. The molecular formula is C17H26N4O2. The molecule has 1 N–H and O–H groups in total. The van der Waals surface area contributed by atoms with Gasteiger partial charge < -0.3 is 15.0 Å². The van der Waals surface area contributed by atoms with Gasteiger partial charge in [0.15, 0.2) is 0 Å². The summed E-state index contributed by atoms with van der Waals surface area (Å²) in [5, 5.41) is 2.94. The van der Waals surface area contributed by atoms with Gasteiger partial charge in [-0.05, 0) is 38.6 Å². The molecular weight excluding hydrogens is 292 g/mol. The van der Waals surface area contributed by atoms with Crippen molar-refractivity contribution < 1.29 is 9.53 Å². The van der Waals surface area contributed by atoms with Crippen molar-refractivity contribution in [2.75, 3.05) is 33.8 Å². The number of carbonyl (C=O) groups excluding carboxylic acids is 1. The Hall–Kier alpha value is -2.08. The monoisotopic (exact) mass is 318 g/mol. The maximum atomic E-state index is 12.5. The number of nitrogens with zero attached hydrogens (tertiary/aromatic N) is 3. The maximum absolute atomic E-state index is 12.5. The van der Waals surface area contributed by atoms with E-state index >= 15 is 0 Å². The van der Waals surface area contributed by atoms with Gasteiger partial charge in [-0.1, -0.05) is 26.0 Å². The summed E-state index contributed by atoms with van der Waals surface area (Å²) in [6, 6.07) is 7.70. The number of aromatic nitrogens is 2. The number of rotatable bonds is 7. The average Bonchev–Trinajstić information content (AvgIpc) is 2.84. The highest BCUT2D eigenvalue weighted by Gasteiger charge is 2.17. The predicted molar refractivity (Wildman–Crippen MR) is 92.0 cm³/mol. The number of hydrogen-bond donors (Lipinski definition) is 1. The molecule has 1 amide bonds. The third-order valence-corrected chi connectivity index (χ3v) is 3.50. The lowest BCUT2D eigenvalue weighted by Crippen LogP contribution is -2.31. The van der Waals surface area contributed by atoms with Crippen LogP contribution in [0, 0.1) is 5.92 Å². The van der Waals surface area contributed by atoms with Crippen LogP contribution >= 0.6 is 0 Å². The molecule has 0 unspecified atom stereocenters. The number of hydrogen-bond acceptors (Lipinski definition) is 4. The van der Waals surface area contributed by atoms with Gasteiger partial charge in [-0.3, -0.25) is 0 Å². The predicted octanol–water partition coefficient (Wildman–Crippen LogP) is 2.58. The number of amides is 1. The molecule has 1 heterocycles. The van der Waals surface area contributed by atoms with Crippen molar-refractivity contribution >= 4 is 17.1 Å². The van der Waals surface area contributed by atoms with Gasteiger partial charge in [-0.2, -0.15) is 4.98 Å². The summed E-state index contributed by atoms with van der Waals surface area (Å²) in [6.45, 7) is 6.15. The molecule has 0 saturated heterocycles. The zero-order valence-electron chi connectivity index (χ0n) is 14.4. The van der Waals surface area contributed by atoms with E-state index in [0.29, 0.717) is 25.1 Å². The maximum Gasteiger partial charge on any atom is 0.330 e. The van der Waals surface area contributed by atoms with Gasteiger partial charge in [-0.25, -0.2) is 9.36 Å². The number of benzene rings is 1. The molecule has 6 nitrogen and oxygen atoms in total. The Kier molecular flexibility index (Phi) is 5.98. The van der Waals surface area contributed by atoms with Gasteiger partial charge in [0, 0.05) is 13.1 Å². The van der Waals surface area contributed by atoms with Gasteiger partial charge in [0.1, 0.15) is 6.61 Å². The minimum Gasteiger partial charge on any atom is -0.463 e. The molecule has 1 aromatic heterocycles. The van der Waals surface area contributed by atoms with Crippen molar-refractivity contribution in [3.8, 4) is 6.01 Å². The molecule has 0 radical (unpaired) electrons. The van der Waals surface area contributed by atoms with Gasteiger partial charge >= 0.3 is 12.0 Å². The Morgan fingerprint density at radius 3 is 2.78 bits per heavy atom. The lowest BCUT2D eigenvalue weighted by Gasteiger charge is -2.13. The molecule has 6 heteroatoms. The molecule has 2 rings (SSSR count). The molecule has 126 valence electrons. The fourth-order valence-electron chi connectivity index (χ4n) is 2.16. The number of para-hydroxylation sites is 2. The largest absolute Gasteiger partial charge is 0.463 e. The molecule has 0 bridgehead atoms. The lowest BCUT2D eigenvalue weighted by atomic mass is 10.1. The molecule has 23 heavy (non-hydrogen) atoms. The normalized spacial score (nSPS) is 11.4. The van der Waals surface area contributed by atoms with Crippen LogP contribution in [0.15, 0.2) is 24.3 Å². The minimum atomic E-state index is -0.195. The second kappa shape index (κ2) is 7.97. The van der Waals surface area contributed by atoms with Gasteiger partial charge in [0.2, 0.25) is 0 Å². The molecule has 0 atom stereocenters. The third kappa shape index (κ3) is 4.69. The molecule has 0 fully saturated rings. The summed E-state index contributed by atoms with van der Waals surface area (Å²) < 4.78 is 7.25. The smallest absolute Gasteiger partial charge is 0.330 e. The Labute approximate surface area is 137 Å². The average molecular weight is 318 g/mol. The first-order valence-corrected chi connectivity index (χ1v) is 8.02. The highest BCUT2D eigenvalue weighted by molar-refractivity contribution is 5.90. The summed E-state index contributed by atoms with van der Waals surface area (Å²) in [6.07, 6.45) is 0.940. The van der Waals surface area contributed by atoms with E-state index in [9.17, 15) is 4.79 Å². The first-order chi connectivity index (χ1) is 11.0. The second-order valence-corrected chi connectivity index (χ2v) is 6.28. The number of ether oxygens (including phenoxy) is 1. The Balaban J connectivity index is 2.18. The third-order valence-electron chi connectivity index (χ3n) is 3.50. The van der Waals surface area contributed by atoms with Crippen LogP contribution in [0.2, 0.25) is 0 Å². The van der Waals surface area contributed by atoms with Crippen LogP contribution in [0.3, 0.4) is 0 Å². The van der Waals surface area contributed by atoms with E-state index in [2.05, 4.69) is 24.1 Å². The van der Waals surface area contributed by atoms with E-state index in [1.807, 2.05) is 43.3 Å². The van der Waals surface area contributed by atoms with E-state index in [1.54, 1.807) is 0 Å². The zero-order chi connectivity index (χ0) is 16.8. The fraction of sp³-hybridized carbons (Fsp3) is 0.529. The van der Waals surface area contributed by atoms with Crippen molar-refractivity contribution in [1.82, 2.24) is 19.8 Å². The van der Waals surface area contributed by atoms with Gasteiger partial charge in [0.25, 0.3) is 0 Å². The molecule has 0 aliphatic rings. The van der Waals surface area contributed by atoms with Crippen LogP contribution in [0.5, 0.6) is 6.01 Å². The van der Waals surface area contributed by atoms with Crippen LogP contribution in [-0.4, -0.2) is 54.3 Å². The van der Waals surface area contributed by atoms with Crippen LogP contribution in [0.4, 0.5) is 4.79 Å². The topological polar surface area (TPSA) is 59.4 Å². The highest BCUT2D eigenvalue weighted by Crippen LogP contribution is 2.21. The van der Waals surface area contributed by atoms with Crippen molar-refractivity contribution in [2.45, 2.75) is 20.3 Å². The van der Waals surface area contributed by atoms with E-state index < -0.39 is 0 Å². The Bertz CT molecular complexity index is 649. The zero-order valence-corrected chi connectivity index (χ0v) is 14.4. The van der Waals surface area contributed by atoms with E-state index in [0.717, 1.165) is 24.0 Å². The molecule has 0 aliphatic carbocycles. The summed E-state index contributed by atoms with van der Waals surface area (Å²) in [5.41, 5.74) is 1.51. The van der Waals surface area contributed by atoms with Gasteiger partial charge in [-0.15, -0.1) is 0 Å². The summed E-state index contributed by atoms with van der Waals surface area (Å²) in [4.78, 5) is 19.0. The SMILES string of the molecule is CC(C)CCNC(=O)n1c(OCCN(C)C)nc2ccccc21.